The predicted molar refractivity (Wildman–Crippen MR) is 67.4 cm³/mol. The van der Waals surface area contributed by atoms with E-state index >= 15 is 0 Å². The second-order valence-electron chi connectivity index (χ2n) is 3.65. The number of hydrogen-bond acceptors (Lipinski definition) is 2. The molecule has 0 unspecified atom stereocenters. The van der Waals surface area contributed by atoms with Crippen LogP contribution < -0.4 is 4.74 Å². The molecule has 0 saturated heterocycles. The highest BCUT2D eigenvalue weighted by atomic mass is 79.9. The number of aromatic nitrogens is 1. The molecule has 88 valence electrons. The van der Waals surface area contributed by atoms with Gasteiger partial charge in [0, 0.05) is 22.3 Å². The van der Waals surface area contributed by atoms with Crippen molar-refractivity contribution in [3.63, 3.8) is 0 Å². The summed E-state index contributed by atoms with van der Waals surface area (Å²) in [5.74, 6) is 0.232. The molecule has 0 bridgehead atoms. The van der Waals surface area contributed by atoms with Crippen LogP contribution in [0.25, 0.3) is 0 Å². The van der Waals surface area contributed by atoms with Gasteiger partial charge in [0.05, 0.1) is 0 Å². The second-order valence-corrected chi connectivity index (χ2v) is 4.51. The van der Waals surface area contributed by atoms with Crippen LogP contribution in [0.4, 0.5) is 4.39 Å². The zero-order valence-electron chi connectivity index (χ0n) is 9.28. The first-order valence-electron chi connectivity index (χ1n) is 5.15. The average molecular weight is 296 g/mol. The SMILES string of the molecule is Cc1cc(OCc2ccccc2F)ncc1Br. The summed E-state index contributed by atoms with van der Waals surface area (Å²) >= 11 is 3.36. The van der Waals surface area contributed by atoms with Gasteiger partial charge in [0.15, 0.2) is 0 Å². The molecule has 0 radical (unpaired) electrons. The lowest BCUT2D eigenvalue weighted by molar-refractivity contribution is 0.288. The molecule has 0 N–H and O–H groups in total. The topological polar surface area (TPSA) is 22.1 Å². The molecule has 17 heavy (non-hydrogen) atoms. The number of benzene rings is 1. The highest BCUT2D eigenvalue weighted by Gasteiger charge is 2.03. The largest absolute Gasteiger partial charge is 0.473 e. The molecule has 2 aromatic rings. The fraction of sp³-hybridized carbons (Fsp3) is 0.154. The monoisotopic (exact) mass is 295 g/mol. The van der Waals surface area contributed by atoms with Crippen molar-refractivity contribution in [2.45, 2.75) is 13.5 Å². The molecule has 0 atom stereocenters. The van der Waals surface area contributed by atoms with Crippen LogP contribution in [0.3, 0.4) is 0 Å². The van der Waals surface area contributed by atoms with E-state index in [1.165, 1.54) is 6.07 Å². The molecule has 0 aliphatic heterocycles. The van der Waals surface area contributed by atoms with Crippen molar-refractivity contribution in [2.75, 3.05) is 0 Å². The zero-order chi connectivity index (χ0) is 12.3. The molecule has 1 aromatic heterocycles. The van der Waals surface area contributed by atoms with Crippen LogP contribution in [-0.4, -0.2) is 4.98 Å². The minimum Gasteiger partial charge on any atom is -0.473 e. The molecule has 4 heteroatoms. The van der Waals surface area contributed by atoms with E-state index < -0.39 is 0 Å². The van der Waals surface area contributed by atoms with Crippen LogP contribution in [0.15, 0.2) is 41.0 Å². The lowest BCUT2D eigenvalue weighted by Gasteiger charge is -2.07. The molecule has 0 fully saturated rings. The summed E-state index contributed by atoms with van der Waals surface area (Å²) in [5, 5.41) is 0. The lowest BCUT2D eigenvalue weighted by atomic mass is 10.2. The van der Waals surface area contributed by atoms with Gasteiger partial charge in [-0.1, -0.05) is 18.2 Å². The molecular formula is C13H11BrFNO. The predicted octanol–water partition coefficient (Wildman–Crippen LogP) is 3.87. The first-order valence-corrected chi connectivity index (χ1v) is 5.94. The molecule has 0 aliphatic rings. The normalized spacial score (nSPS) is 10.3. The first kappa shape index (κ1) is 12.0. The van der Waals surface area contributed by atoms with Crippen molar-refractivity contribution in [1.82, 2.24) is 4.98 Å². The standard InChI is InChI=1S/C13H11BrFNO/c1-9-6-13(16-7-11(9)14)17-8-10-4-2-3-5-12(10)15/h2-7H,8H2,1H3. The molecule has 0 spiro atoms. The third-order valence-electron chi connectivity index (χ3n) is 2.36. The number of pyridine rings is 1. The summed E-state index contributed by atoms with van der Waals surface area (Å²) in [4.78, 5) is 4.09. The minimum atomic E-state index is -0.263. The number of nitrogens with zero attached hydrogens (tertiary/aromatic N) is 1. The molecule has 2 rings (SSSR count). The van der Waals surface area contributed by atoms with Crippen molar-refractivity contribution >= 4 is 15.9 Å². The number of ether oxygens (including phenoxy) is 1. The van der Waals surface area contributed by atoms with Gasteiger partial charge in [0.2, 0.25) is 5.88 Å². The van der Waals surface area contributed by atoms with Gasteiger partial charge < -0.3 is 4.74 Å². The Morgan fingerprint density at radius 1 is 1.35 bits per heavy atom. The summed E-state index contributed by atoms with van der Waals surface area (Å²) in [6.07, 6.45) is 1.67. The highest BCUT2D eigenvalue weighted by molar-refractivity contribution is 9.10. The van der Waals surface area contributed by atoms with Crippen molar-refractivity contribution in [2.24, 2.45) is 0 Å². The Balaban J connectivity index is 2.08. The fourth-order valence-corrected chi connectivity index (χ4v) is 1.58. The Morgan fingerprint density at radius 3 is 2.82 bits per heavy atom. The average Bonchev–Trinajstić information content (AvgIpc) is 2.32. The van der Waals surface area contributed by atoms with Crippen LogP contribution in [0, 0.1) is 12.7 Å². The fourth-order valence-electron chi connectivity index (χ4n) is 1.36. The number of hydrogen-bond donors (Lipinski definition) is 0. The molecule has 1 heterocycles. The maximum Gasteiger partial charge on any atom is 0.213 e. The Labute approximate surface area is 108 Å². The van der Waals surface area contributed by atoms with Crippen molar-refractivity contribution in [1.29, 1.82) is 0 Å². The van der Waals surface area contributed by atoms with Crippen molar-refractivity contribution < 1.29 is 9.13 Å². The lowest BCUT2D eigenvalue weighted by Crippen LogP contribution is -1.99. The Kier molecular flexibility index (Phi) is 3.74. The maximum absolute atomic E-state index is 13.3. The quantitative estimate of drug-likeness (QED) is 0.857. The number of halogens is 2. The van der Waals surface area contributed by atoms with E-state index in [-0.39, 0.29) is 12.4 Å². The molecule has 2 nitrogen and oxygen atoms in total. The van der Waals surface area contributed by atoms with Crippen LogP contribution in [0.2, 0.25) is 0 Å². The van der Waals surface area contributed by atoms with Gasteiger partial charge in [-0.15, -0.1) is 0 Å². The summed E-state index contributed by atoms with van der Waals surface area (Å²) in [6, 6.07) is 8.35. The Morgan fingerprint density at radius 2 is 2.12 bits per heavy atom. The smallest absolute Gasteiger partial charge is 0.213 e. The van der Waals surface area contributed by atoms with Crippen LogP contribution in [-0.2, 0) is 6.61 Å². The zero-order valence-corrected chi connectivity index (χ0v) is 10.9. The Hall–Kier alpha value is -1.42. The van der Waals surface area contributed by atoms with Gasteiger partial charge in [-0.2, -0.15) is 0 Å². The van der Waals surface area contributed by atoms with Gasteiger partial charge in [0.25, 0.3) is 0 Å². The van der Waals surface area contributed by atoms with E-state index in [4.69, 9.17) is 4.74 Å². The summed E-state index contributed by atoms with van der Waals surface area (Å²) in [5.41, 5.74) is 1.55. The molecule has 0 amide bonds. The van der Waals surface area contributed by atoms with E-state index in [9.17, 15) is 4.39 Å². The molecular weight excluding hydrogens is 285 g/mol. The van der Waals surface area contributed by atoms with E-state index in [2.05, 4.69) is 20.9 Å². The Bertz CT molecular complexity index is 531. The van der Waals surface area contributed by atoms with Gasteiger partial charge in [-0.05, 0) is 34.5 Å². The van der Waals surface area contributed by atoms with Gasteiger partial charge >= 0.3 is 0 Å². The van der Waals surface area contributed by atoms with Crippen LogP contribution in [0.1, 0.15) is 11.1 Å². The first-order chi connectivity index (χ1) is 8.16. The van der Waals surface area contributed by atoms with Crippen LogP contribution in [0.5, 0.6) is 5.88 Å². The molecule has 0 aliphatic carbocycles. The highest BCUT2D eigenvalue weighted by Crippen LogP contribution is 2.19. The van der Waals surface area contributed by atoms with Gasteiger partial charge in [-0.3, -0.25) is 0 Å². The van der Waals surface area contributed by atoms with Gasteiger partial charge in [0.1, 0.15) is 12.4 Å². The van der Waals surface area contributed by atoms with E-state index in [0.29, 0.717) is 11.4 Å². The summed E-state index contributed by atoms with van der Waals surface area (Å²) in [6.45, 7) is 2.13. The number of aryl methyl sites for hydroxylation is 1. The summed E-state index contributed by atoms with van der Waals surface area (Å²) in [7, 11) is 0. The minimum absolute atomic E-state index is 0.181. The van der Waals surface area contributed by atoms with E-state index in [1.54, 1.807) is 24.4 Å². The van der Waals surface area contributed by atoms with E-state index in [0.717, 1.165) is 10.0 Å². The third kappa shape index (κ3) is 3.03. The summed E-state index contributed by atoms with van der Waals surface area (Å²) < 4.78 is 19.7. The second kappa shape index (κ2) is 5.27. The third-order valence-corrected chi connectivity index (χ3v) is 3.19. The maximum atomic E-state index is 13.3. The van der Waals surface area contributed by atoms with E-state index in [1.807, 2.05) is 13.0 Å². The number of rotatable bonds is 3. The molecule has 0 saturated carbocycles. The van der Waals surface area contributed by atoms with Crippen molar-refractivity contribution in [3.8, 4) is 5.88 Å². The van der Waals surface area contributed by atoms with Crippen LogP contribution >= 0.6 is 15.9 Å². The van der Waals surface area contributed by atoms with Crippen molar-refractivity contribution in [3.05, 3.63) is 57.9 Å². The molecule has 1 aromatic carbocycles. The van der Waals surface area contributed by atoms with Gasteiger partial charge in [-0.25, -0.2) is 9.37 Å².